The third-order valence-electron chi connectivity index (χ3n) is 6.66. The van der Waals surface area contributed by atoms with Gasteiger partial charge in [0, 0.05) is 19.0 Å². The molecule has 2 saturated carbocycles. The maximum absolute atomic E-state index is 12.8. The highest BCUT2D eigenvalue weighted by Gasteiger charge is 2.44. The largest absolute Gasteiger partial charge is 0.488 e. The maximum atomic E-state index is 12.8. The van der Waals surface area contributed by atoms with Crippen LogP contribution < -0.4 is 4.74 Å². The Morgan fingerprint density at radius 2 is 1.68 bits per heavy atom. The summed E-state index contributed by atoms with van der Waals surface area (Å²) in [6, 6.07) is 6.79. The van der Waals surface area contributed by atoms with Crippen molar-refractivity contribution in [3.8, 4) is 5.75 Å². The van der Waals surface area contributed by atoms with E-state index in [-0.39, 0.29) is 18.0 Å². The molecule has 4 rings (SSSR count). The standard InChI is InChI=1S/C22H29NO5/c1-27-22(26)15-6-8-18(9-7-15)28-20-11-17-13-23(12-16(17)10-19(20)24)21(25)14-4-2-3-5-14/h6-9,14,16-17,19-20,24H,2-5,10-13H2,1H3/t16-,17+,19-,20-/m0/s1. The average molecular weight is 387 g/mol. The van der Waals surface area contributed by atoms with Crippen molar-refractivity contribution in [2.75, 3.05) is 20.2 Å². The molecular formula is C22H29NO5. The summed E-state index contributed by atoms with van der Waals surface area (Å²) in [5, 5.41) is 10.6. The highest BCUT2D eigenvalue weighted by molar-refractivity contribution is 5.89. The summed E-state index contributed by atoms with van der Waals surface area (Å²) in [6.45, 7) is 1.56. The lowest BCUT2D eigenvalue weighted by Crippen LogP contribution is -2.42. The number of hydrogen-bond donors (Lipinski definition) is 1. The van der Waals surface area contributed by atoms with Crippen molar-refractivity contribution in [1.29, 1.82) is 0 Å². The summed E-state index contributed by atoms with van der Waals surface area (Å²) in [5.41, 5.74) is 0.468. The monoisotopic (exact) mass is 387 g/mol. The smallest absolute Gasteiger partial charge is 0.337 e. The molecule has 6 nitrogen and oxygen atoms in total. The van der Waals surface area contributed by atoms with Crippen LogP contribution in [0.3, 0.4) is 0 Å². The molecule has 1 aromatic carbocycles. The second kappa shape index (κ2) is 8.11. The van der Waals surface area contributed by atoms with Crippen LogP contribution in [0.2, 0.25) is 0 Å². The van der Waals surface area contributed by atoms with Gasteiger partial charge in [-0.2, -0.15) is 0 Å². The minimum absolute atomic E-state index is 0.213. The number of methoxy groups -OCH3 is 1. The highest BCUT2D eigenvalue weighted by Crippen LogP contribution is 2.39. The Bertz CT molecular complexity index is 712. The summed E-state index contributed by atoms with van der Waals surface area (Å²) >= 11 is 0. The zero-order valence-electron chi connectivity index (χ0n) is 16.4. The van der Waals surface area contributed by atoms with Crippen LogP contribution in [0, 0.1) is 17.8 Å². The number of benzene rings is 1. The maximum Gasteiger partial charge on any atom is 0.337 e. The first kappa shape index (κ1) is 19.2. The van der Waals surface area contributed by atoms with Gasteiger partial charge in [-0.05, 0) is 61.8 Å². The number of aliphatic hydroxyl groups is 1. The van der Waals surface area contributed by atoms with Crippen molar-refractivity contribution in [1.82, 2.24) is 4.90 Å². The molecule has 0 unspecified atom stereocenters. The summed E-state index contributed by atoms with van der Waals surface area (Å²) in [5.74, 6) is 1.52. The Balaban J connectivity index is 1.36. The molecular weight excluding hydrogens is 358 g/mol. The first-order valence-electron chi connectivity index (χ1n) is 10.4. The average Bonchev–Trinajstić information content (AvgIpc) is 3.37. The normalized spacial score (nSPS) is 30.1. The van der Waals surface area contributed by atoms with Crippen LogP contribution in [0.5, 0.6) is 5.75 Å². The number of carbonyl (C=O) groups excluding carboxylic acids is 2. The second-order valence-electron chi connectivity index (χ2n) is 8.46. The molecule has 2 aliphatic carbocycles. The SMILES string of the molecule is COC(=O)c1ccc(O[C@H]2C[C@@H]3CN(C(=O)C4CCCC4)C[C@@H]3C[C@@H]2O)cc1. The lowest BCUT2D eigenvalue weighted by atomic mass is 9.78. The number of rotatable bonds is 4. The number of ether oxygens (including phenoxy) is 2. The van der Waals surface area contributed by atoms with Crippen LogP contribution >= 0.6 is 0 Å². The Morgan fingerprint density at radius 3 is 2.32 bits per heavy atom. The van der Waals surface area contributed by atoms with Gasteiger partial charge in [0.05, 0.1) is 18.8 Å². The van der Waals surface area contributed by atoms with Crippen LogP contribution in [-0.4, -0.2) is 54.3 Å². The molecule has 0 spiro atoms. The summed E-state index contributed by atoms with van der Waals surface area (Å²) in [4.78, 5) is 26.3. The molecule has 152 valence electrons. The molecule has 1 saturated heterocycles. The van der Waals surface area contributed by atoms with Gasteiger partial charge >= 0.3 is 5.97 Å². The van der Waals surface area contributed by atoms with E-state index in [1.807, 2.05) is 4.90 Å². The lowest BCUT2D eigenvalue weighted by molar-refractivity contribution is -0.134. The van der Waals surface area contributed by atoms with Gasteiger partial charge in [0.2, 0.25) is 5.91 Å². The minimum atomic E-state index is -0.539. The summed E-state index contributed by atoms with van der Waals surface area (Å²) < 4.78 is 10.7. The number of amides is 1. The van der Waals surface area contributed by atoms with E-state index in [9.17, 15) is 14.7 Å². The molecule has 6 heteroatoms. The van der Waals surface area contributed by atoms with Crippen molar-refractivity contribution in [3.63, 3.8) is 0 Å². The highest BCUT2D eigenvalue weighted by atomic mass is 16.5. The number of aliphatic hydroxyl groups excluding tert-OH is 1. The number of esters is 1. The molecule has 4 atom stereocenters. The molecule has 28 heavy (non-hydrogen) atoms. The topological polar surface area (TPSA) is 76.1 Å². The van der Waals surface area contributed by atoms with Crippen molar-refractivity contribution in [2.24, 2.45) is 17.8 Å². The third-order valence-corrected chi connectivity index (χ3v) is 6.66. The van der Waals surface area contributed by atoms with Crippen molar-refractivity contribution >= 4 is 11.9 Å². The predicted molar refractivity (Wildman–Crippen MR) is 103 cm³/mol. The Labute approximate surface area is 165 Å². The van der Waals surface area contributed by atoms with E-state index in [0.29, 0.717) is 35.5 Å². The molecule has 1 amide bonds. The van der Waals surface area contributed by atoms with Crippen molar-refractivity contribution in [2.45, 2.75) is 50.7 Å². The molecule has 1 aliphatic heterocycles. The van der Waals surface area contributed by atoms with Gasteiger partial charge in [-0.3, -0.25) is 4.79 Å². The molecule has 1 N–H and O–H groups in total. The molecule has 3 aliphatic rings. The fourth-order valence-corrected chi connectivity index (χ4v) is 5.09. The Kier molecular flexibility index (Phi) is 5.58. The molecule has 0 radical (unpaired) electrons. The van der Waals surface area contributed by atoms with E-state index in [2.05, 4.69) is 0 Å². The fourth-order valence-electron chi connectivity index (χ4n) is 5.09. The van der Waals surface area contributed by atoms with Crippen LogP contribution in [-0.2, 0) is 9.53 Å². The van der Waals surface area contributed by atoms with Crippen LogP contribution in [0.25, 0.3) is 0 Å². The predicted octanol–water partition coefficient (Wildman–Crippen LogP) is 2.64. The van der Waals surface area contributed by atoms with Gasteiger partial charge in [-0.1, -0.05) is 12.8 Å². The van der Waals surface area contributed by atoms with Crippen LogP contribution in [0.1, 0.15) is 48.9 Å². The van der Waals surface area contributed by atoms with Gasteiger partial charge in [0.15, 0.2) is 0 Å². The lowest BCUT2D eigenvalue weighted by Gasteiger charge is -2.35. The molecule has 3 fully saturated rings. The molecule has 1 heterocycles. The van der Waals surface area contributed by atoms with Crippen molar-refractivity contribution in [3.05, 3.63) is 29.8 Å². The van der Waals surface area contributed by atoms with Crippen LogP contribution in [0.4, 0.5) is 0 Å². The van der Waals surface area contributed by atoms with Gasteiger partial charge in [0.1, 0.15) is 11.9 Å². The number of nitrogens with zero attached hydrogens (tertiary/aromatic N) is 1. The van der Waals surface area contributed by atoms with Crippen LogP contribution in [0.15, 0.2) is 24.3 Å². The zero-order valence-corrected chi connectivity index (χ0v) is 16.4. The Hall–Kier alpha value is -2.08. The minimum Gasteiger partial charge on any atom is -0.488 e. The Morgan fingerprint density at radius 1 is 1.04 bits per heavy atom. The van der Waals surface area contributed by atoms with E-state index in [1.165, 1.54) is 20.0 Å². The number of likely N-dealkylation sites (tertiary alicyclic amines) is 1. The first-order valence-corrected chi connectivity index (χ1v) is 10.4. The summed E-state index contributed by atoms with van der Waals surface area (Å²) in [6.07, 6.45) is 4.99. The first-order chi connectivity index (χ1) is 13.5. The zero-order chi connectivity index (χ0) is 19.7. The van der Waals surface area contributed by atoms with Gasteiger partial charge < -0.3 is 19.5 Å². The number of carbonyl (C=O) groups is 2. The van der Waals surface area contributed by atoms with Gasteiger partial charge in [0.25, 0.3) is 0 Å². The summed E-state index contributed by atoms with van der Waals surface area (Å²) in [7, 11) is 1.35. The van der Waals surface area contributed by atoms with E-state index < -0.39 is 6.10 Å². The number of hydrogen-bond acceptors (Lipinski definition) is 5. The van der Waals surface area contributed by atoms with E-state index in [1.54, 1.807) is 24.3 Å². The van der Waals surface area contributed by atoms with Gasteiger partial charge in [-0.15, -0.1) is 0 Å². The van der Waals surface area contributed by atoms with Gasteiger partial charge in [-0.25, -0.2) is 4.79 Å². The molecule has 1 aromatic rings. The van der Waals surface area contributed by atoms with E-state index in [0.717, 1.165) is 32.4 Å². The number of fused-ring (bicyclic) bond motifs is 1. The molecule has 0 bridgehead atoms. The molecule has 0 aromatic heterocycles. The second-order valence-corrected chi connectivity index (χ2v) is 8.46. The third kappa shape index (κ3) is 3.88. The fraction of sp³-hybridized carbons (Fsp3) is 0.636. The van der Waals surface area contributed by atoms with E-state index >= 15 is 0 Å². The van der Waals surface area contributed by atoms with Crippen molar-refractivity contribution < 1.29 is 24.2 Å². The quantitative estimate of drug-likeness (QED) is 0.804. The van der Waals surface area contributed by atoms with E-state index in [4.69, 9.17) is 9.47 Å².